The molecule has 1 atom stereocenters. The van der Waals surface area contributed by atoms with Gasteiger partial charge in [0.05, 0.1) is 16.1 Å². The van der Waals surface area contributed by atoms with E-state index in [0.29, 0.717) is 46.2 Å². The number of carboxylic acid groups (broad SMARTS) is 1. The Morgan fingerprint density at radius 3 is 2.68 bits per heavy atom. The Balaban J connectivity index is 1.46. The van der Waals surface area contributed by atoms with Gasteiger partial charge < -0.3 is 15.5 Å². The first-order valence-corrected chi connectivity index (χ1v) is 12.1. The van der Waals surface area contributed by atoms with Crippen LogP contribution in [0.15, 0.2) is 48.9 Å². The number of aromatic carboxylic acids is 1. The molecule has 4 aromatic rings. The molecule has 12 heteroatoms. The highest BCUT2D eigenvalue weighted by Gasteiger charge is 2.39. The van der Waals surface area contributed by atoms with Crippen molar-refractivity contribution in [1.82, 2.24) is 19.9 Å². The SMILES string of the molecule is Cc1cc(Nc2cc(C(F)(F)F)ncn2)nc(-c2cnc(C3(O)CCCc4cc(C(=O)O)ccc43)s2)c1. The highest BCUT2D eigenvalue weighted by atomic mass is 32.1. The number of carboxylic acids is 1. The summed E-state index contributed by atoms with van der Waals surface area (Å²) in [6.45, 7) is 1.82. The number of halogens is 3. The van der Waals surface area contributed by atoms with Gasteiger partial charge in [-0.25, -0.2) is 24.7 Å². The van der Waals surface area contributed by atoms with Crippen LogP contribution in [0, 0.1) is 6.92 Å². The molecule has 8 nitrogen and oxygen atoms in total. The topological polar surface area (TPSA) is 121 Å². The molecular formula is C25H20F3N5O3S. The van der Waals surface area contributed by atoms with Crippen molar-refractivity contribution in [2.75, 3.05) is 5.32 Å². The van der Waals surface area contributed by atoms with Gasteiger partial charge in [0, 0.05) is 12.3 Å². The van der Waals surface area contributed by atoms with Crippen LogP contribution in [0.25, 0.3) is 10.6 Å². The Hall–Kier alpha value is -3.90. The second-order valence-electron chi connectivity index (χ2n) is 8.75. The average Bonchev–Trinajstić information content (AvgIpc) is 3.35. The van der Waals surface area contributed by atoms with Gasteiger partial charge in [0.2, 0.25) is 0 Å². The summed E-state index contributed by atoms with van der Waals surface area (Å²) >= 11 is 1.25. The molecule has 0 radical (unpaired) electrons. The van der Waals surface area contributed by atoms with Gasteiger partial charge in [-0.15, -0.1) is 11.3 Å². The first-order valence-electron chi connectivity index (χ1n) is 11.2. The van der Waals surface area contributed by atoms with E-state index < -0.39 is 23.4 Å². The van der Waals surface area contributed by atoms with Gasteiger partial charge in [-0.05, 0) is 67.1 Å². The minimum atomic E-state index is -4.60. The van der Waals surface area contributed by atoms with Gasteiger partial charge in [0.25, 0.3) is 0 Å². The molecule has 0 aliphatic heterocycles. The fraction of sp³-hybridized carbons (Fsp3) is 0.240. The Morgan fingerprint density at radius 2 is 1.92 bits per heavy atom. The summed E-state index contributed by atoms with van der Waals surface area (Å²) in [5.74, 6) is -0.787. The second-order valence-corrected chi connectivity index (χ2v) is 9.78. The maximum absolute atomic E-state index is 13.0. The average molecular weight is 528 g/mol. The van der Waals surface area contributed by atoms with E-state index in [1.165, 1.54) is 17.4 Å². The molecule has 5 rings (SSSR count). The molecule has 3 aromatic heterocycles. The molecule has 0 bridgehead atoms. The second kappa shape index (κ2) is 9.20. The van der Waals surface area contributed by atoms with E-state index in [4.69, 9.17) is 0 Å². The van der Waals surface area contributed by atoms with E-state index in [1.807, 2.05) is 13.0 Å². The number of aromatic nitrogens is 4. The van der Waals surface area contributed by atoms with Crippen molar-refractivity contribution >= 4 is 28.9 Å². The lowest BCUT2D eigenvalue weighted by atomic mass is 9.79. The maximum Gasteiger partial charge on any atom is 0.433 e. The number of fused-ring (bicyclic) bond motifs is 1. The van der Waals surface area contributed by atoms with Crippen molar-refractivity contribution in [2.45, 2.75) is 38.0 Å². The predicted octanol–water partition coefficient (Wildman–Crippen LogP) is 5.34. The molecule has 1 unspecified atom stereocenters. The van der Waals surface area contributed by atoms with Crippen LogP contribution in [-0.2, 0) is 18.2 Å². The first-order chi connectivity index (χ1) is 17.5. The fourth-order valence-corrected chi connectivity index (χ4v) is 5.39. The number of hydrogen-bond acceptors (Lipinski definition) is 8. The molecule has 0 spiro atoms. The van der Waals surface area contributed by atoms with Crippen molar-refractivity contribution < 1.29 is 28.2 Å². The maximum atomic E-state index is 13.0. The largest absolute Gasteiger partial charge is 0.478 e. The smallest absolute Gasteiger partial charge is 0.433 e. The zero-order chi connectivity index (χ0) is 26.4. The molecule has 1 aliphatic rings. The third-order valence-corrected chi connectivity index (χ3v) is 7.25. The van der Waals surface area contributed by atoms with Crippen molar-refractivity contribution in [3.63, 3.8) is 0 Å². The number of aryl methyl sites for hydroxylation is 2. The Kier molecular flexibility index (Phi) is 6.16. The number of nitrogens with one attached hydrogen (secondary N) is 1. The summed E-state index contributed by atoms with van der Waals surface area (Å²) in [7, 11) is 0. The molecule has 3 N–H and O–H groups in total. The Labute approximate surface area is 212 Å². The highest BCUT2D eigenvalue weighted by molar-refractivity contribution is 7.15. The molecule has 0 saturated heterocycles. The molecular weight excluding hydrogens is 507 g/mol. The molecule has 37 heavy (non-hydrogen) atoms. The number of anilines is 2. The predicted molar refractivity (Wildman–Crippen MR) is 130 cm³/mol. The van der Waals surface area contributed by atoms with Gasteiger partial charge >= 0.3 is 12.1 Å². The number of rotatable bonds is 5. The van der Waals surface area contributed by atoms with Gasteiger partial charge in [0.15, 0.2) is 0 Å². The van der Waals surface area contributed by atoms with E-state index in [1.54, 1.807) is 24.4 Å². The van der Waals surface area contributed by atoms with Crippen LogP contribution in [0.5, 0.6) is 0 Å². The number of alkyl halides is 3. The van der Waals surface area contributed by atoms with Gasteiger partial charge in [-0.3, -0.25) is 0 Å². The lowest BCUT2D eigenvalue weighted by Gasteiger charge is -2.33. The van der Waals surface area contributed by atoms with E-state index in [0.717, 1.165) is 23.5 Å². The van der Waals surface area contributed by atoms with Crippen LogP contribution in [0.1, 0.15) is 50.6 Å². The third-order valence-electron chi connectivity index (χ3n) is 6.08. The monoisotopic (exact) mass is 527 g/mol. The summed E-state index contributed by atoms with van der Waals surface area (Å²) in [5, 5.41) is 24.2. The Bertz CT molecular complexity index is 1510. The lowest BCUT2D eigenvalue weighted by molar-refractivity contribution is -0.141. The summed E-state index contributed by atoms with van der Waals surface area (Å²) < 4.78 is 39.0. The van der Waals surface area contributed by atoms with E-state index >= 15 is 0 Å². The minimum Gasteiger partial charge on any atom is -0.478 e. The van der Waals surface area contributed by atoms with E-state index in [-0.39, 0.29) is 11.4 Å². The number of aliphatic hydroxyl groups is 1. The normalized spacial score (nSPS) is 17.3. The lowest BCUT2D eigenvalue weighted by Crippen LogP contribution is -2.32. The number of nitrogens with zero attached hydrogens (tertiary/aromatic N) is 4. The number of hydrogen-bond donors (Lipinski definition) is 3. The Morgan fingerprint density at radius 1 is 1.11 bits per heavy atom. The van der Waals surface area contributed by atoms with Crippen molar-refractivity contribution in [2.24, 2.45) is 0 Å². The summed E-state index contributed by atoms with van der Waals surface area (Å²) in [6.07, 6.45) is -0.420. The van der Waals surface area contributed by atoms with Crippen LogP contribution < -0.4 is 5.32 Å². The molecule has 3 heterocycles. The van der Waals surface area contributed by atoms with Crippen LogP contribution in [-0.4, -0.2) is 36.1 Å². The zero-order valence-electron chi connectivity index (χ0n) is 19.4. The minimum absolute atomic E-state index is 0.0507. The quantitative estimate of drug-likeness (QED) is 0.318. The van der Waals surface area contributed by atoms with Gasteiger partial charge in [-0.2, -0.15) is 13.2 Å². The fourth-order valence-electron chi connectivity index (χ4n) is 4.38. The van der Waals surface area contributed by atoms with Crippen molar-refractivity contribution in [3.8, 4) is 10.6 Å². The van der Waals surface area contributed by atoms with Crippen LogP contribution >= 0.6 is 11.3 Å². The van der Waals surface area contributed by atoms with Crippen LogP contribution in [0.4, 0.5) is 24.8 Å². The number of carbonyl (C=O) groups is 1. The van der Waals surface area contributed by atoms with Crippen LogP contribution in [0.3, 0.4) is 0 Å². The van der Waals surface area contributed by atoms with E-state index in [2.05, 4.69) is 25.3 Å². The number of thiazole rings is 1. The summed E-state index contributed by atoms with van der Waals surface area (Å²) in [6, 6.07) is 8.99. The molecule has 190 valence electrons. The van der Waals surface area contributed by atoms with Crippen molar-refractivity contribution in [3.05, 3.63) is 81.9 Å². The zero-order valence-corrected chi connectivity index (χ0v) is 20.2. The van der Waals surface area contributed by atoms with Crippen LogP contribution in [0.2, 0.25) is 0 Å². The number of benzene rings is 1. The first kappa shape index (κ1) is 24.8. The molecule has 0 fully saturated rings. The highest BCUT2D eigenvalue weighted by Crippen LogP contribution is 2.43. The van der Waals surface area contributed by atoms with E-state index in [9.17, 15) is 28.2 Å². The third kappa shape index (κ3) is 4.89. The molecule has 1 aromatic carbocycles. The molecule has 1 aliphatic carbocycles. The summed E-state index contributed by atoms with van der Waals surface area (Å²) in [5.41, 5.74) is 0.460. The summed E-state index contributed by atoms with van der Waals surface area (Å²) in [4.78, 5) is 28.1. The van der Waals surface area contributed by atoms with Gasteiger partial charge in [0.1, 0.15) is 34.3 Å². The standard InChI is InChI=1S/C25H20F3N5O3S/c1-13-7-17(32-21(8-13)33-20-10-19(25(26,27)28)30-12-31-20)18-11-29-23(37-18)24(36)6-2-3-14-9-15(22(34)35)4-5-16(14)24/h4-5,7-12,36H,2-3,6H2,1H3,(H,34,35)(H,30,31,32,33). The molecule has 0 amide bonds. The van der Waals surface area contributed by atoms with Crippen molar-refractivity contribution in [1.29, 1.82) is 0 Å². The molecule has 0 saturated carbocycles. The number of pyridine rings is 1. The van der Waals surface area contributed by atoms with Gasteiger partial charge in [-0.1, -0.05) is 6.07 Å².